The molecule has 0 N–H and O–H groups in total. The van der Waals surface area contributed by atoms with E-state index in [9.17, 15) is 4.79 Å². The minimum Gasteiger partial charge on any atom is -0.353 e. The van der Waals surface area contributed by atoms with Crippen molar-refractivity contribution in [1.29, 1.82) is 0 Å². The lowest BCUT2D eigenvalue weighted by atomic mass is 10.0. The van der Waals surface area contributed by atoms with Crippen LogP contribution in [0.15, 0.2) is 54.6 Å². The van der Waals surface area contributed by atoms with E-state index in [1.54, 1.807) is 0 Å². The maximum Gasteiger partial charge on any atom is 0.157 e. The van der Waals surface area contributed by atoms with Crippen molar-refractivity contribution in [3.05, 3.63) is 60.2 Å². The normalized spacial score (nSPS) is 16.3. The summed E-state index contributed by atoms with van der Waals surface area (Å²) < 4.78 is 11.2. The molecule has 2 aromatic rings. The van der Waals surface area contributed by atoms with E-state index in [0.717, 1.165) is 31.4 Å². The summed E-state index contributed by atoms with van der Waals surface area (Å²) in [6, 6.07) is 18.5. The third kappa shape index (κ3) is 7.66. The first kappa shape index (κ1) is 21.3. The molecule has 1 fully saturated rings. The Morgan fingerprint density at radius 1 is 1.00 bits per heavy atom. The summed E-state index contributed by atoms with van der Waals surface area (Å²) in [6.07, 6.45) is 5.03. The van der Waals surface area contributed by atoms with E-state index >= 15 is 0 Å². The first-order chi connectivity index (χ1) is 13.3. The lowest BCUT2D eigenvalue weighted by molar-refractivity contribution is -0.163. The molecule has 1 aliphatic rings. The number of ether oxygens (including phenoxy) is 2. The second-order valence-corrected chi connectivity index (χ2v) is 6.55. The van der Waals surface area contributed by atoms with Gasteiger partial charge in [-0.2, -0.15) is 0 Å². The fourth-order valence-electron chi connectivity index (χ4n) is 3.09. The fraction of sp³-hybridized carbons (Fsp3) is 0.458. The Balaban J connectivity index is 0.00000126. The van der Waals surface area contributed by atoms with Gasteiger partial charge < -0.3 is 9.47 Å². The van der Waals surface area contributed by atoms with Crippen molar-refractivity contribution in [2.75, 3.05) is 13.2 Å². The monoisotopic (exact) mass is 368 g/mol. The van der Waals surface area contributed by atoms with E-state index in [2.05, 4.69) is 24.3 Å². The summed E-state index contributed by atoms with van der Waals surface area (Å²) in [7, 11) is 0. The summed E-state index contributed by atoms with van der Waals surface area (Å²) in [5, 5.41) is 0. The maximum atomic E-state index is 12.1. The Morgan fingerprint density at radius 3 is 2.37 bits per heavy atom. The highest BCUT2D eigenvalue weighted by atomic mass is 16.7. The summed E-state index contributed by atoms with van der Waals surface area (Å²) >= 11 is 0. The lowest BCUT2D eigenvalue weighted by Gasteiger charge is -2.22. The molecule has 1 saturated heterocycles. The van der Waals surface area contributed by atoms with Crippen LogP contribution in [0.25, 0.3) is 11.1 Å². The zero-order chi connectivity index (χ0) is 19.3. The molecular formula is C24H32O3. The van der Waals surface area contributed by atoms with Crippen molar-refractivity contribution in [2.45, 2.75) is 58.7 Å². The molecule has 3 rings (SSSR count). The van der Waals surface area contributed by atoms with Gasteiger partial charge in [-0.05, 0) is 42.4 Å². The number of carbonyl (C=O) groups is 1. The predicted octanol–water partition coefficient (Wildman–Crippen LogP) is 5.81. The number of benzene rings is 2. The predicted molar refractivity (Wildman–Crippen MR) is 111 cm³/mol. The number of hydrogen-bond donors (Lipinski definition) is 0. The minimum absolute atomic E-state index is 0.0608. The number of hydrogen-bond acceptors (Lipinski definition) is 3. The fourth-order valence-corrected chi connectivity index (χ4v) is 3.09. The number of Topliss-reactive ketones (excluding diaryl/α,β-unsaturated/α-hetero) is 1. The van der Waals surface area contributed by atoms with Crippen LogP contribution in [0, 0.1) is 0 Å². The van der Waals surface area contributed by atoms with Gasteiger partial charge in [0.25, 0.3) is 0 Å². The van der Waals surface area contributed by atoms with Gasteiger partial charge in [0.1, 0.15) is 5.78 Å². The SMILES string of the molecule is CC.O=C(CCCOC1CCCCO1)Cc1ccc(-c2ccccc2)cc1. The van der Waals surface area contributed by atoms with Crippen molar-refractivity contribution in [1.82, 2.24) is 0 Å². The van der Waals surface area contributed by atoms with Crippen LogP contribution in [0.2, 0.25) is 0 Å². The molecule has 27 heavy (non-hydrogen) atoms. The van der Waals surface area contributed by atoms with Crippen LogP contribution in [0.4, 0.5) is 0 Å². The first-order valence-electron chi connectivity index (χ1n) is 10.2. The average Bonchev–Trinajstić information content (AvgIpc) is 2.75. The van der Waals surface area contributed by atoms with Gasteiger partial charge in [-0.3, -0.25) is 4.79 Å². The molecule has 1 atom stereocenters. The number of carbonyl (C=O) groups excluding carboxylic acids is 1. The molecule has 1 aliphatic heterocycles. The Hall–Kier alpha value is -1.97. The quantitative estimate of drug-likeness (QED) is 0.551. The summed E-state index contributed by atoms with van der Waals surface area (Å²) in [6.45, 7) is 5.39. The summed E-state index contributed by atoms with van der Waals surface area (Å²) in [5.41, 5.74) is 3.45. The lowest BCUT2D eigenvalue weighted by Crippen LogP contribution is -2.22. The summed E-state index contributed by atoms with van der Waals surface area (Å²) in [5.74, 6) is 0.264. The number of rotatable bonds is 8. The zero-order valence-electron chi connectivity index (χ0n) is 16.7. The van der Waals surface area contributed by atoms with Crippen molar-refractivity contribution < 1.29 is 14.3 Å². The van der Waals surface area contributed by atoms with Crippen LogP contribution >= 0.6 is 0 Å². The second kappa shape index (κ2) is 12.4. The Morgan fingerprint density at radius 2 is 1.70 bits per heavy atom. The minimum atomic E-state index is -0.0608. The molecule has 0 radical (unpaired) electrons. The Labute approximate surface area is 163 Å². The van der Waals surface area contributed by atoms with E-state index in [1.807, 2.05) is 44.2 Å². The van der Waals surface area contributed by atoms with E-state index in [4.69, 9.17) is 9.47 Å². The van der Waals surface area contributed by atoms with Crippen molar-refractivity contribution in [2.24, 2.45) is 0 Å². The molecule has 0 aromatic heterocycles. The highest BCUT2D eigenvalue weighted by Crippen LogP contribution is 2.19. The van der Waals surface area contributed by atoms with Gasteiger partial charge in [0.15, 0.2) is 6.29 Å². The standard InChI is InChI=1S/C22H26O3.C2H6/c23-21(9-6-16-25-22-10-4-5-15-24-22)17-18-11-13-20(14-12-18)19-7-2-1-3-8-19;1-2/h1-3,7-8,11-14,22H,4-6,9-10,15-17H2;1-2H3. The third-order valence-electron chi connectivity index (χ3n) is 4.50. The molecule has 3 nitrogen and oxygen atoms in total. The van der Waals surface area contributed by atoms with Crippen LogP contribution < -0.4 is 0 Å². The van der Waals surface area contributed by atoms with E-state index in [-0.39, 0.29) is 12.1 Å². The highest BCUT2D eigenvalue weighted by Gasteiger charge is 2.13. The van der Waals surface area contributed by atoms with Gasteiger partial charge in [0.05, 0.1) is 6.61 Å². The molecule has 0 bridgehead atoms. The van der Waals surface area contributed by atoms with Gasteiger partial charge in [-0.25, -0.2) is 0 Å². The molecule has 0 saturated carbocycles. The molecular weight excluding hydrogens is 336 g/mol. The largest absolute Gasteiger partial charge is 0.353 e. The number of ketones is 1. The van der Waals surface area contributed by atoms with Crippen LogP contribution in [0.3, 0.4) is 0 Å². The Bertz CT molecular complexity index is 643. The van der Waals surface area contributed by atoms with Gasteiger partial charge >= 0.3 is 0 Å². The van der Waals surface area contributed by atoms with Gasteiger partial charge in [0, 0.05) is 19.4 Å². The van der Waals surface area contributed by atoms with E-state index < -0.39 is 0 Å². The van der Waals surface area contributed by atoms with Crippen LogP contribution in [0.5, 0.6) is 0 Å². The molecule has 2 aromatic carbocycles. The molecule has 0 amide bonds. The maximum absolute atomic E-state index is 12.1. The summed E-state index contributed by atoms with van der Waals surface area (Å²) in [4.78, 5) is 12.1. The van der Waals surface area contributed by atoms with Crippen molar-refractivity contribution in [3.8, 4) is 11.1 Å². The smallest absolute Gasteiger partial charge is 0.157 e. The van der Waals surface area contributed by atoms with Crippen LogP contribution in [0.1, 0.15) is 51.5 Å². The zero-order valence-corrected chi connectivity index (χ0v) is 16.7. The molecule has 0 aliphatic carbocycles. The van der Waals surface area contributed by atoms with Crippen LogP contribution in [-0.4, -0.2) is 25.3 Å². The van der Waals surface area contributed by atoms with E-state index in [0.29, 0.717) is 19.4 Å². The van der Waals surface area contributed by atoms with Gasteiger partial charge in [-0.1, -0.05) is 68.4 Å². The first-order valence-corrected chi connectivity index (χ1v) is 10.2. The van der Waals surface area contributed by atoms with Crippen molar-refractivity contribution >= 4 is 5.78 Å². The van der Waals surface area contributed by atoms with Crippen LogP contribution in [-0.2, 0) is 20.7 Å². The molecule has 146 valence electrons. The highest BCUT2D eigenvalue weighted by molar-refractivity contribution is 5.81. The third-order valence-corrected chi connectivity index (χ3v) is 4.50. The molecule has 3 heteroatoms. The Kier molecular flexibility index (Phi) is 9.81. The molecule has 1 heterocycles. The average molecular weight is 369 g/mol. The topological polar surface area (TPSA) is 35.5 Å². The molecule has 1 unspecified atom stereocenters. The molecule has 0 spiro atoms. The van der Waals surface area contributed by atoms with E-state index in [1.165, 1.54) is 17.5 Å². The van der Waals surface area contributed by atoms with Crippen molar-refractivity contribution in [3.63, 3.8) is 0 Å². The van der Waals surface area contributed by atoms with Gasteiger partial charge in [0.2, 0.25) is 0 Å². The van der Waals surface area contributed by atoms with Gasteiger partial charge in [-0.15, -0.1) is 0 Å². The second-order valence-electron chi connectivity index (χ2n) is 6.55.